The number of hydrogen-bond donors (Lipinski definition) is 1. The predicted molar refractivity (Wildman–Crippen MR) is 105 cm³/mol. The topological polar surface area (TPSA) is 90.4 Å². The third-order valence-electron chi connectivity index (χ3n) is 5.22. The van der Waals surface area contributed by atoms with E-state index < -0.39 is 0 Å². The summed E-state index contributed by atoms with van der Waals surface area (Å²) in [7, 11) is 3.20. The van der Waals surface area contributed by atoms with Crippen molar-refractivity contribution < 1.29 is 19.1 Å². The van der Waals surface area contributed by atoms with E-state index >= 15 is 0 Å². The van der Waals surface area contributed by atoms with E-state index in [4.69, 9.17) is 9.47 Å². The number of methoxy groups -OCH3 is 2. The quantitative estimate of drug-likeness (QED) is 0.822. The second-order valence-corrected chi connectivity index (χ2v) is 6.99. The number of fused-ring (bicyclic) bond motifs is 1. The van der Waals surface area contributed by atoms with Gasteiger partial charge in [-0.1, -0.05) is 19.9 Å². The van der Waals surface area contributed by atoms with Gasteiger partial charge in [0.05, 0.1) is 25.5 Å². The lowest BCUT2D eigenvalue weighted by Gasteiger charge is -2.25. The smallest absolute Gasteiger partial charge is 0.229 e. The number of ether oxygens (including phenoxy) is 2. The molecule has 148 valence electrons. The molecule has 1 heterocycles. The highest BCUT2D eigenvalue weighted by atomic mass is 16.5. The SMILES string of the molecule is CC[C@@H](C)C(=O)Nc1ncc2c(n1)C[C@H](c1ccc(OC)cc1OC)CC2=O. The van der Waals surface area contributed by atoms with Crippen LogP contribution in [0.2, 0.25) is 0 Å². The highest BCUT2D eigenvalue weighted by Gasteiger charge is 2.30. The van der Waals surface area contributed by atoms with E-state index in [1.807, 2.05) is 32.0 Å². The Morgan fingerprint density at radius 2 is 2.07 bits per heavy atom. The maximum atomic E-state index is 12.6. The number of benzene rings is 1. The fourth-order valence-corrected chi connectivity index (χ4v) is 3.30. The number of amides is 1. The molecule has 0 saturated carbocycles. The molecular formula is C21H25N3O4. The molecule has 2 atom stereocenters. The lowest BCUT2D eigenvalue weighted by Crippen LogP contribution is -2.24. The molecule has 0 saturated heterocycles. The first-order valence-corrected chi connectivity index (χ1v) is 9.38. The third kappa shape index (κ3) is 3.98. The average Bonchev–Trinajstić information content (AvgIpc) is 2.72. The van der Waals surface area contributed by atoms with Gasteiger partial charge >= 0.3 is 0 Å². The molecule has 0 fully saturated rings. The van der Waals surface area contributed by atoms with Crippen molar-refractivity contribution in [2.75, 3.05) is 19.5 Å². The first kappa shape index (κ1) is 19.8. The molecule has 1 N–H and O–H groups in total. The van der Waals surface area contributed by atoms with E-state index in [0.717, 1.165) is 12.0 Å². The molecule has 1 aromatic carbocycles. The molecule has 7 heteroatoms. The van der Waals surface area contributed by atoms with Crippen LogP contribution < -0.4 is 14.8 Å². The summed E-state index contributed by atoms with van der Waals surface area (Å²) >= 11 is 0. The third-order valence-corrected chi connectivity index (χ3v) is 5.22. The Labute approximate surface area is 164 Å². The van der Waals surface area contributed by atoms with Gasteiger partial charge in [0.25, 0.3) is 0 Å². The van der Waals surface area contributed by atoms with Crippen LogP contribution in [0.1, 0.15) is 54.2 Å². The Hall–Kier alpha value is -2.96. The minimum absolute atomic E-state index is 0.0103. The summed E-state index contributed by atoms with van der Waals surface area (Å²) in [6.07, 6.45) is 3.17. The maximum absolute atomic E-state index is 12.6. The Morgan fingerprint density at radius 3 is 2.75 bits per heavy atom. The molecule has 0 spiro atoms. The van der Waals surface area contributed by atoms with Crippen LogP contribution in [0.4, 0.5) is 5.95 Å². The van der Waals surface area contributed by atoms with Crippen molar-refractivity contribution in [3.63, 3.8) is 0 Å². The van der Waals surface area contributed by atoms with Gasteiger partial charge in [-0.3, -0.25) is 14.9 Å². The van der Waals surface area contributed by atoms with Crippen LogP contribution in [0.15, 0.2) is 24.4 Å². The number of carbonyl (C=O) groups is 2. The van der Waals surface area contributed by atoms with E-state index in [9.17, 15) is 9.59 Å². The predicted octanol–water partition coefficient (Wildman–Crippen LogP) is 3.39. The number of carbonyl (C=O) groups excluding carboxylic acids is 2. The monoisotopic (exact) mass is 383 g/mol. The molecule has 0 aliphatic heterocycles. The number of Topliss-reactive ketones (excluding diaryl/α,β-unsaturated/α-hetero) is 1. The van der Waals surface area contributed by atoms with Gasteiger partial charge in [0, 0.05) is 30.5 Å². The van der Waals surface area contributed by atoms with E-state index in [1.54, 1.807) is 14.2 Å². The van der Waals surface area contributed by atoms with E-state index in [1.165, 1.54) is 6.20 Å². The summed E-state index contributed by atoms with van der Waals surface area (Å²) in [5.74, 6) is 1.29. The fraction of sp³-hybridized carbons (Fsp3) is 0.429. The minimum Gasteiger partial charge on any atom is -0.497 e. The van der Waals surface area contributed by atoms with Gasteiger partial charge < -0.3 is 9.47 Å². The van der Waals surface area contributed by atoms with Crippen LogP contribution >= 0.6 is 0 Å². The summed E-state index contributed by atoms with van der Waals surface area (Å²) in [6, 6.07) is 5.59. The summed E-state index contributed by atoms with van der Waals surface area (Å²) in [6.45, 7) is 3.80. The number of rotatable bonds is 6. The molecule has 1 aromatic heterocycles. The zero-order chi connectivity index (χ0) is 20.3. The number of aromatic nitrogens is 2. The number of hydrogen-bond acceptors (Lipinski definition) is 6. The molecule has 1 amide bonds. The first-order chi connectivity index (χ1) is 13.5. The van der Waals surface area contributed by atoms with Crippen molar-refractivity contribution in [1.82, 2.24) is 9.97 Å². The Bertz CT molecular complexity index is 897. The zero-order valence-corrected chi connectivity index (χ0v) is 16.6. The number of anilines is 1. The lowest BCUT2D eigenvalue weighted by molar-refractivity contribution is -0.119. The van der Waals surface area contributed by atoms with Gasteiger partial charge in [0.1, 0.15) is 11.5 Å². The van der Waals surface area contributed by atoms with Gasteiger partial charge in [0.2, 0.25) is 11.9 Å². The van der Waals surface area contributed by atoms with Gasteiger partial charge in [-0.15, -0.1) is 0 Å². The second kappa shape index (κ2) is 8.37. The molecule has 2 aromatic rings. The molecule has 0 radical (unpaired) electrons. The fourth-order valence-electron chi connectivity index (χ4n) is 3.30. The molecule has 0 bridgehead atoms. The van der Waals surface area contributed by atoms with Crippen LogP contribution in [0.3, 0.4) is 0 Å². The molecule has 28 heavy (non-hydrogen) atoms. The standard InChI is InChI=1S/C21H25N3O4/c1-5-12(2)20(26)24-21-22-11-16-17(23-21)8-13(9-18(16)25)15-7-6-14(27-3)10-19(15)28-4/h6-7,10-13H,5,8-9H2,1-4H3,(H,22,23,24,26)/t12-,13+/m1/s1. The summed E-state index contributed by atoms with van der Waals surface area (Å²) < 4.78 is 10.7. The van der Waals surface area contributed by atoms with Crippen molar-refractivity contribution in [3.8, 4) is 11.5 Å². The van der Waals surface area contributed by atoms with Crippen LogP contribution in [0.5, 0.6) is 11.5 Å². The van der Waals surface area contributed by atoms with Crippen molar-refractivity contribution in [2.24, 2.45) is 5.92 Å². The molecule has 1 aliphatic rings. The Morgan fingerprint density at radius 1 is 1.29 bits per heavy atom. The molecular weight excluding hydrogens is 358 g/mol. The number of nitrogens with zero attached hydrogens (tertiary/aromatic N) is 2. The average molecular weight is 383 g/mol. The zero-order valence-electron chi connectivity index (χ0n) is 16.6. The summed E-state index contributed by atoms with van der Waals surface area (Å²) in [4.78, 5) is 33.4. The van der Waals surface area contributed by atoms with E-state index in [0.29, 0.717) is 35.6 Å². The van der Waals surface area contributed by atoms with Gasteiger partial charge in [-0.2, -0.15) is 0 Å². The van der Waals surface area contributed by atoms with E-state index in [-0.39, 0.29) is 29.5 Å². The van der Waals surface area contributed by atoms with Gasteiger partial charge in [-0.25, -0.2) is 9.97 Å². The maximum Gasteiger partial charge on any atom is 0.229 e. The number of nitrogens with one attached hydrogen (secondary N) is 1. The molecule has 3 rings (SSSR count). The Kier molecular flexibility index (Phi) is 5.92. The largest absolute Gasteiger partial charge is 0.497 e. The number of ketones is 1. The lowest BCUT2D eigenvalue weighted by atomic mass is 9.82. The van der Waals surface area contributed by atoms with Crippen molar-refractivity contribution in [2.45, 2.75) is 39.0 Å². The van der Waals surface area contributed by atoms with Crippen molar-refractivity contribution in [1.29, 1.82) is 0 Å². The summed E-state index contributed by atoms with van der Waals surface area (Å²) in [5.41, 5.74) is 2.10. The van der Waals surface area contributed by atoms with E-state index in [2.05, 4.69) is 15.3 Å². The highest BCUT2D eigenvalue weighted by molar-refractivity contribution is 5.99. The van der Waals surface area contributed by atoms with Crippen LogP contribution in [0.25, 0.3) is 0 Å². The second-order valence-electron chi connectivity index (χ2n) is 6.99. The molecule has 7 nitrogen and oxygen atoms in total. The first-order valence-electron chi connectivity index (χ1n) is 9.38. The molecule has 1 aliphatic carbocycles. The minimum atomic E-state index is -0.127. The van der Waals surface area contributed by atoms with Gasteiger partial charge in [-0.05, 0) is 24.5 Å². The molecule has 0 unspecified atom stereocenters. The van der Waals surface area contributed by atoms with Crippen molar-refractivity contribution in [3.05, 3.63) is 41.2 Å². The van der Waals surface area contributed by atoms with Crippen LogP contribution in [0, 0.1) is 5.92 Å². The van der Waals surface area contributed by atoms with Crippen LogP contribution in [-0.2, 0) is 11.2 Å². The Balaban J connectivity index is 1.88. The highest BCUT2D eigenvalue weighted by Crippen LogP contribution is 2.38. The normalized spacial score (nSPS) is 16.9. The van der Waals surface area contributed by atoms with Crippen LogP contribution in [-0.4, -0.2) is 35.9 Å². The van der Waals surface area contributed by atoms with Crippen molar-refractivity contribution >= 4 is 17.6 Å². The summed E-state index contributed by atoms with van der Waals surface area (Å²) in [5, 5.41) is 2.74. The van der Waals surface area contributed by atoms with Gasteiger partial charge in [0.15, 0.2) is 5.78 Å².